The van der Waals surface area contributed by atoms with Crippen molar-refractivity contribution in [2.45, 2.75) is 96.9 Å². The van der Waals surface area contributed by atoms with Gasteiger partial charge >= 0.3 is 0 Å². The van der Waals surface area contributed by atoms with Gasteiger partial charge in [0.05, 0.1) is 6.61 Å². The highest BCUT2D eigenvalue weighted by Gasteiger charge is 2.15. The molecule has 4 nitrogen and oxygen atoms in total. The van der Waals surface area contributed by atoms with E-state index in [1.165, 1.54) is 62.9 Å². The molecule has 2 aliphatic rings. The minimum absolute atomic E-state index is 0.213. The van der Waals surface area contributed by atoms with E-state index in [9.17, 15) is 0 Å². The smallest absolute Gasteiger partial charge is 0.119 e. The van der Waals surface area contributed by atoms with Gasteiger partial charge in [0.2, 0.25) is 0 Å². The number of hydrogen-bond donors (Lipinski definition) is 1. The van der Waals surface area contributed by atoms with E-state index >= 15 is 0 Å². The molecule has 0 amide bonds. The summed E-state index contributed by atoms with van der Waals surface area (Å²) in [5.74, 6) is 1.98. The lowest BCUT2D eigenvalue weighted by atomic mass is 9.87. The van der Waals surface area contributed by atoms with Gasteiger partial charge in [0.1, 0.15) is 18.1 Å². The summed E-state index contributed by atoms with van der Waals surface area (Å²) < 4.78 is 11.6. The fraction of sp³-hybridized carbons (Fsp3) is 0.636. The van der Waals surface area contributed by atoms with Gasteiger partial charge in [0, 0.05) is 12.6 Å². The van der Waals surface area contributed by atoms with Crippen molar-refractivity contribution in [1.29, 1.82) is 0 Å². The van der Waals surface area contributed by atoms with Crippen LogP contribution in [0.15, 0.2) is 48.5 Å². The summed E-state index contributed by atoms with van der Waals surface area (Å²) in [7, 11) is 0. The summed E-state index contributed by atoms with van der Waals surface area (Å²) in [6, 6.07) is 17.7. The quantitative estimate of drug-likeness (QED) is 0.404. The van der Waals surface area contributed by atoms with Crippen LogP contribution in [0.1, 0.15) is 91.2 Å². The molecule has 2 saturated heterocycles. The minimum Gasteiger partial charge on any atom is -0.494 e. The van der Waals surface area contributed by atoms with Crippen molar-refractivity contribution >= 4 is 0 Å². The zero-order valence-electron chi connectivity index (χ0n) is 24.4. The molecule has 0 radical (unpaired) electrons. The molecule has 2 aromatic rings. The molecule has 0 unspecified atom stereocenters. The standard InChI is InChI=1S/C17H27NO.C16H25NO/c1-17(2,3)14-7-9-16(10-8-14)19-13-11-15-6-4-5-12-18-15;1-16(2,3)14-6-8-15(9-7-14)18-13-12-17-10-4-5-11-17/h7-10,15,18H,4-6,11-13H2,1-3H3;6-9H,4-5,10-13H2,1-3H3/t15-;/m0./s1. The summed E-state index contributed by atoms with van der Waals surface area (Å²) in [4.78, 5) is 2.48. The van der Waals surface area contributed by atoms with Crippen LogP contribution in [-0.4, -0.2) is 50.3 Å². The molecule has 4 heteroatoms. The Bertz CT molecular complexity index is 882. The Balaban J connectivity index is 0.000000206. The lowest BCUT2D eigenvalue weighted by Crippen LogP contribution is -2.35. The largest absolute Gasteiger partial charge is 0.494 e. The molecule has 0 aromatic heterocycles. The molecule has 0 spiro atoms. The average Bonchev–Trinajstić information content (AvgIpc) is 3.38. The predicted molar refractivity (Wildman–Crippen MR) is 157 cm³/mol. The van der Waals surface area contributed by atoms with Crippen molar-refractivity contribution in [3.63, 3.8) is 0 Å². The topological polar surface area (TPSA) is 33.7 Å². The average molecular weight is 509 g/mol. The summed E-state index contributed by atoms with van der Waals surface area (Å²) in [5.41, 5.74) is 3.14. The Hall–Kier alpha value is -2.04. The van der Waals surface area contributed by atoms with Gasteiger partial charge in [-0.15, -0.1) is 0 Å². The number of benzene rings is 2. The third-order valence-corrected chi connectivity index (χ3v) is 7.46. The van der Waals surface area contributed by atoms with Crippen LogP contribution in [-0.2, 0) is 10.8 Å². The van der Waals surface area contributed by atoms with E-state index in [0.29, 0.717) is 6.04 Å². The summed E-state index contributed by atoms with van der Waals surface area (Å²) in [6.45, 7) is 19.7. The summed E-state index contributed by atoms with van der Waals surface area (Å²) >= 11 is 0. The number of piperidine rings is 1. The van der Waals surface area contributed by atoms with Gasteiger partial charge in [-0.3, -0.25) is 4.90 Å². The molecule has 206 valence electrons. The molecule has 0 saturated carbocycles. The van der Waals surface area contributed by atoms with E-state index in [1.807, 2.05) is 0 Å². The highest BCUT2D eigenvalue weighted by Crippen LogP contribution is 2.25. The zero-order valence-corrected chi connectivity index (χ0v) is 24.4. The fourth-order valence-corrected chi connectivity index (χ4v) is 4.89. The van der Waals surface area contributed by atoms with E-state index < -0.39 is 0 Å². The number of rotatable bonds is 8. The Morgan fingerprint density at radius 1 is 0.703 bits per heavy atom. The normalized spacial score (nSPS) is 18.7. The van der Waals surface area contributed by atoms with Gasteiger partial charge in [0.25, 0.3) is 0 Å². The minimum atomic E-state index is 0.213. The Morgan fingerprint density at radius 3 is 1.68 bits per heavy atom. The number of likely N-dealkylation sites (tertiary alicyclic amines) is 1. The third-order valence-electron chi connectivity index (χ3n) is 7.46. The molecule has 1 N–H and O–H groups in total. The molecular formula is C33H52N2O2. The molecule has 2 aliphatic heterocycles. The van der Waals surface area contributed by atoms with Crippen LogP contribution in [0.4, 0.5) is 0 Å². The van der Waals surface area contributed by atoms with Gasteiger partial charge in [-0.2, -0.15) is 0 Å². The summed E-state index contributed by atoms with van der Waals surface area (Å²) in [5, 5.41) is 3.55. The van der Waals surface area contributed by atoms with Crippen LogP contribution in [0.5, 0.6) is 11.5 Å². The molecule has 2 aromatic carbocycles. The Kier molecular flexibility index (Phi) is 11.3. The number of nitrogens with zero attached hydrogens (tertiary/aromatic N) is 1. The predicted octanol–water partition coefficient (Wildman–Crippen LogP) is 7.35. The van der Waals surface area contributed by atoms with Crippen LogP contribution >= 0.6 is 0 Å². The first-order valence-corrected chi connectivity index (χ1v) is 14.5. The van der Waals surface area contributed by atoms with Gasteiger partial charge in [-0.05, 0) is 98.0 Å². The van der Waals surface area contributed by atoms with Crippen LogP contribution in [0.25, 0.3) is 0 Å². The fourth-order valence-electron chi connectivity index (χ4n) is 4.89. The lowest BCUT2D eigenvalue weighted by molar-refractivity contribution is 0.237. The van der Waals surface area contributed by atoms with Crippen molar-refractivity contribution in [1.82, 2.24) is 10.2 Å². The maximum Gasteiger partial charge on any atom is 0.119 e. The second-order valence-electron chi connectivity index (χ2n) is 12.7. The van der Waals surface area contributed by atoms with Gasteiger partial charge in [-0.25, -0.2) is 0 Å². The Labute approximate surface area is 227 Å². The highest BCUT2D eigenvalue weighted by atomic mass is 16.5. The van der Waals surface area contributed by atoms with E-state index in [-0.39, 0.29) is 10.8 Å². The van der Waals surface area contributed by atoms with Crippen LogP contribution in [0.3, 0.4) is 0 Å². The number of nitrogens with one attached hydrogen (secondary N) is 1. The molecule has 37 heavy (non-hydrogen) atoms. The molecule has 0 bridgehead atoms. The van der Waals surface area contributed by atoms with E-state index in [1.54, 1.807) is 0 Å². The van der Waals surface area contributed by atoms with Crippen LogP contribution in [0.2, 0.25) is 0 Å². The van der Waals surface area contributed by atoms with Crippen molar-refractivity contribution < 1.29 is 9.47 Å². The maximum absolute atomic E-state index is 5.84. The van der Waals surface area contributed by atoms with Crippen molar-refractivity contribution in [3.05, 3.63) is 59.7 Å². The SMILES string of the molecule is CC(C)(C)c1ccc(OCCN2CCCC2)cc1.CC(C)(C)c1ccc(OCC[C@@H]2CCCCN2)cc1. The molecule has 0 aliphatic carbocycles. The van der Waals surface area contributed by atoms with Gasteiger partial charge in [-0.1, -0.05) is 72.2 Å². The second kappa shape index (κ2) is 14.2. The molecule has 4 rings (SSSR count). The zero-order chi connectivity index (χ0) is 26.7. The number of hydrogen-bond acceptors (Lipinski definition) is 4. The molecule has 2 fully saturated rings. The second-order valence-corrected chi connectivity index (χ2v) is 12.7. The summed E-state index contributed by atoms with van der Waals surface area (Å²) in [6.07, 6.45) is 7.79. The number of ether oxygens (including phenoxy) is 2. The first-order chi connectivity index (χ1) is 17.6. The van der Waals surface area contributed by atoms with Crippen LogP contribution < -0.4 is 14.8 Å². The Morgan fingerprint density at radius 2 is 1.22 bits per heavy atom. The maximum atomic E-state index is 5.84. The monoisotopic (exact) mass is 508 g/mol. The van der Waals surface area contributed by atoms with Crippen molar-refractivity contribution in [2.75, 3.05) is 39.4 Å². The molecule has 1 atom stereocenters. The molecule has 2 heterocycles. The van der Waals surface area contributed by atoms with Crippen molar-refractivity contribution in [3.8, 4) is 11.5 Å². The first kappa shape index (κ1) is 29.5. The van der Waals surface area contributed by atoms with E-state index in [4.69, 9.17) is 9.47 Å². The van der Waals surface area contributed by atoms with Crippen LogP contribution in [0, 0.1) is 0 Å². The van der Waals surface area contributed by atoms with Gasteiger partial charge in [0.15, 0.2) is 0 Å². The van der Waals surface area contributed by atoms with Gasteiger partial charge < -0.3 is 14.8 Å². The van der Waals surface area contributed by atoms with E-state index in [2.05, 4.69) is 100 Å². The third kappa shape index (κ3) is 10.7. The highest BCUT2D eigenvalue weighted by molar-refractivity contribution is 5.32. The lowest BCUT2D eigenvalue weighted by Gasteiger charge is -2.23. The van der Waals surface area contributed by atoms with E-state index in [0.717, 1.165) is 37.7 Å². The van der Waals surface area contributed by atoms with Crippen molar-refractivity contribution in [2.24, 2.45) is 0 Å². The first-order valence-electron chi connectivity index (χ1n) is 14.5. The molecular weight excluding hydrogens is 456 g/mol.